The molecule has 1 rings (SSSR count). The fourth-order valence-corrected chi connectivity index (χ4v) is 3.10. The van der Waals surface area contributed by atoms with Gasteiger partial charge in [-0.15, -0.1) is 0 Å². The third-order valence-electron chi connectivity index (χ3n) is 2.85. The smallest absolute Gasteiger partial charge is 0.322 e. The van der Waals surface area contributed by atoms with Gasteiger partial charge in [0.2, 0.25) is 0 Å². The molecule has 16 heavy (non-hydrogen) atoms. The van der Waals surface area contributed by atoms with Crippen LogP contribution in [0.2, 0.25) is 0 Å². The standard InChI is InChI=1S/C12H23NO2S/c1-9(2)8-11(12(14)15-3)13-10-4-6-16-7-5-10/h9-11,13H,4-8H2,1-3H3. The van der Waals surface area contributed by atoms with Crippen LogP contribution in [0.1, 0.15) is 33.1 Å². The first-order chi connectivity index (χ1) is 7.63. The summed E-state index contributed by atoms with van der Waals surface area (Å²) < 4.78 is 4.85. The van der Waals surface area contributed by atoms with E-state index in [2.05, 4.69) is 19.2 Å². The van der Waals surface area contributed by atoms with E-state index < -0.39 is 0 Å². The minimum absolute atomic E-state index is 0.119. The van der Waals surface area contributed by atoms with E-state index in [1.165, 1.54) is 18.6 Å². The van der Waals surface area contributed by atoms with Crippen molar-refractivity contribution in [2.45, 2.75) is 45.2 Å². The van der Waals surface area contributed by atoms with E-state index in [-0.39, 0.29) is 12.0 Å². The average molecular weight is 245 g/mol. The van der Waals surface area contributed by atoms with Gasteiger partial charge in [-0.1, -0.05) is 13.8 Å². The lowest BCUT2D eigenvalue weighted by atomic mass is 10.0. The van der Waals surface area contributed by atoms with Gasteiger partial charge < -0.3 is 10.1 Å². The van der Waals surface area contributed by atoms with Crippen LogP contribution in [0.15, 0.2) is 0 Å². The molecule has 4 heteroatoms. The Kier molecular flexibility index (Phi) is 6.21. The van der Waals surface area contributed by atoms with Crippen molar-refractivity contribution in [2.24, 2.45) is 5.92 Å². The first-order valence-corrected chi connectivity index (χ1v) is 7.20. The minimum Gasteiger partial charge on any atom is -0.468 e. The summed E-state index contributed by atoms with van der Waals surface area (Å²) in [7, 11) is 1.47. The number of rotatable bonds is 5. The second kappa shape index (κ2) is 7.17. The molecule has 0 amide bonds. The molecule has 1 N–H and O–H groups in total. The van der Waals surface area contributed by atoms with Crippen molar-refractivity contribution in [2.75, 3.05) is 18.6 Å². The van der Waals surface area contributed by atoms with Gasteiger partial charge >= 0.3 is 5.97 Å². The Morgan fingerprint density at radius 2 is 2.06 bits per heavy atom. The zero-order chi connectivity index (χ0) is 12.0. The molecule has 1 saturated heterocycles. The number of methoxy groups -OCH3 is 1. The number of hydrogen-bond acceptors (Lipinski definition) is 4. The van der Waals surface area contributed by atoms with Crippen LogP contribution in [-0.2, 0) is 9.53 Å². The SMILES string of the molecule is COC(=O)C(CC(C)C)NC1CCSCC1. The number of nitrogens with one attached hydrogen (secondary N) is 1. The summed E-state index contributed by atoms with van der Waals surface area (Å²) >= 11 is 2.00. The van der Waals surface area contributed by atoms with Gasteiger partial charge in [0.1, 0.15) is 6.04 Å². The van der Waals surface area contributed by atoms with E-state index in [4.69, 9.17) is 4.74 Å². The van der Waals surface area contributed by atoms with E-state index in [0.29, 0.717) is 12.0 Å². The summed E-state index contributed by atoms with van der Waals surface area (Å²) in [5, 5.41) is 3.45. The van der Waals surface area contributed by atoms with Crippen LogP contribution in [0.4, 0.5) is 0 Å². The Hall–Kier alpha value is -0.220. The van der Waals surface area contributed by atoms with Gasteiger partial charge in [-0.25, -0.2) is 0 Å². The number of esters is 1. The van der Waals surface area contributed by atoms with Crippen molar-refractivity contribution >= 4 is 17.7 Å². The molecule has 1 fully saturated rings. The van der Waals surface area contributed by atoms with Crippen molar-refractivity contribution in [3.8, 4) is 0 Å². The predicted octanol–water partition coefficient (Wildman–Crippen LogP) is 2.06. The lowest BCUT2D eigenvalue weighted by Crippen LogP contribution is -2.46. The third-order valence-corrected chi connectivity index (χ3v) is 3.90. The van der Waals surface area contributed by atoms with E-state index in [9.17, 15) is 4.79 Å². The van der Waals surface area contributed by atoms with Crippen molar-refractivity contribution in [1.29, 1.82) is 0 Å². The van der Waals surface area contributed by atoms with Crippen molar-refractivity contribution in [1.82, 2.24) is 5.32 Å². The summed E-state index contributed by atoms with van der Waals surface area (Å²) in [6.45, 7) is 4.27. The van der Waals surface area contributed by atoms with Gasteiger partial charge in [0, 0.05) is 6.04 Å². The largest absolute Gasteiger partial charge is 0.468 e. The van der Waals surface area contributed by atoms with Gasteiger partial charge in [0.15, 0.2) is 0 Å². The Balaban J connectivity index is 2.44. The molecule has 1 heterocycles. The van der Waals surface area contributed by atoms with Crippen LogP contribution < -0.4 is 5.32 Å². The van der Waals surface area contributed by atoms with Crippen molar-refractivity contribution in [3.63, 3.8) is 0 Å². The van der Waals surface area contributed by atoms with Crippen LogP contribution in [0.25, 0.3) is 0 Å². The lowest BCUT2D eigenvalue weighted by Gasteiger charge is -2.27. The molecular weight excluding hydrogens is 222 g/mol. The Morgan fingerprint density at radius 1 is 1.44 bits per heavy atom. The molecule has 0 aliphatic carbocycles. The predicted molar refractivity (Wildman–Crippen MR) is 68.7 cm³/mol. The van der Waals surface area contributed by atoms with E-state index in [1.807, 2.05) is 11.8 Å². The maximum Gasteiger partial charge on any atom is 0.322 e. The number of carbonyl (C=O) groups excluding carboxylic acids is 1. The van der Waals surface area contributed by atoms with Crippen molar-refractivity contribution in [3.05, 3.63) is 0 Å². The molecule has 1 atom stereocenters. The maximum absolute atomic E-state index is 11.6. The van der Waals surface area contributed by atoms with E-state index in [1.54, 1.807) is 0 Å². The fourth-order valence-electron chi connectivity index (χ4n) is 1.99. The molecular formula is C12H23NO2S. The molecule has 0 aromatic heterocycles. The average Bonchev–Trinajstić information content (AvgIpc) is 2.28. The van der Waals surface area contributed by atoms with Gasteiger partial charge in [-0.05, 0) is 36.7 Å². The molecule has 0 spiro atoms. The first-order valence-electron chi connectivity index (χ1n) is 6.05. The van der Waals surface area contributed by atoms with E-state index in [0.717, 1.165) is 19.3 Å². The van der Waals surface area contributed by atoms with E-state index >= 15 is 0 Å². The normalized spacial score (nSPS) is 19.8. The second-order valence-electron chi connectivity index (χ2n) is 4.76. The Morgan fingerprint density at radius 3 is 2.56 bits per heavy atom. The number of carbonyl (C=O) groups is 1. The summed E-state index contributed by atoms with van der Waals surface area (Å²) in [5.74, 6) is 2.79. The quantitative estimate of drug-likeness (QED) is 0.753. The summed E-state index contributed by atoms with van der Waals surface area (Å²) in [5.41, 5.74) is 0. The number of hydrogen-bond donors (Lipinski definition) is 1. The zero-order valence-electron chi connectivity index (χ0n) is 10.5. The molecule has 0 bridgehead atoms. The van der Waals surface area contributed by atoms with Gasteiger partial charge in [0.25, 0.3) is 0 Å². The molecule has 3 nitrogen and oxygen atoms in total. The van der Waals surface area contributed by atoms with Crippen LogP contribution in [0, 0.1) is 5.92 Å². The molecule has 0 saturated carbocycles. The van der Waals surface area contributed by atoms with Crippen LogP contribution in [-0.4, -0.2) is 36.7 Å². The monoisotopic (exact) mass is 245 g/mol. The highest BCUT2D eigenvalue weighted by Crippen LogP contribution is 2.18. The molecule has 0 aromatic rings. The number of ether oxygens (including phenoxy) is 1. The highest BCUT2D eigenvalue weighted by atomic mass is 32.2. The highest BCUT2D eigenvalue weighted by molar-refractivity contribution is 7.99. The third kappa shape index (κ3) is 4.74. The molecule has 0 aromatic carbocycles. The van der Waals surface area contributed by atoms with Gasteiger partial charge in [-0.3, -0.25) is 4.79 Å². The second-order valence-corrected chi connectivity index (χ2v) is 5.98. The molecule has 0 radical (unpaired) electrons. The van der Waals surface area contributed by atoms with Crippen LogP contribution >= 0.6 is 11.8 Å². The summed E-state index contributed by atoms with van der Waals surface area (Å²) in [6, 6.07) is 0.363. The molecule has 1 aliphatic rings. The molecule has 94 valence electrons. The summed E-state index contributed by atoms with van der Waals surface area (Å²) in [6.07, 6.45) is 3.18. The first kappa shape index (κ1) is 13.8. The maximum atomic E-state index is 11.6. The van der Waals surface area contributed by atoms with Crippen molar-refractivity contribution < 1.29 is 9.53 Å². The summed E-state index contributed by atoms with van der Waals surface area (Å²) in [4.78, 5) is 11.6. The minimum atomic E-state index is -0.127. The molecule has 1 aliphatic heterocycles. The van der Waals surface area contributed by atoms with Crippen LogP contribution in [0.3, 0.4) is 0 Å². The Bertz CT molecular complexity index is 215. The van der Waals surface area contributed by atoms with Gasteiger partial charge in [-0.2, -0.15) is 11.8 Å². The zero-order valence-corrected chi connectivity index (χ0v) is 11.3. The fraction of sp³-hybridized carbons (Fsp3) is 0.917. The van der Waals surface area contributed by atoms with Crippen LogP contribution in [0.5, 0.6) is 0 Å². The Labute approximate surface area is 103 Å². The lowest BCUT2D eigenvalue weighted by molar-refractivity contribution is -0.143. The van der Waals surface area contributed by atoms with Gasteiger partial charge in [0.05, 0.1) is 7.11 Å². The molecule has 1 unspecified atom stereocenters. The highest BCUT2D eigenvalue weighted by Gasteiger charge is 2.24. The number of thioether (sulfide) groups is 1. The topological polar surface area (TPSA) is 38.3 Å².